The number of fused-ring (bicyclic) bond motifs is 12. The first-order valence-electron chi connectivity index (χ1n) is 17.0. The minimum absolute atomic E-state index is 0.812. The zero-order chi connectivity index (χ0) is 32.8. The first kappa shape index (κ1) is 27.2. The predicted molar refractivity (Wildman–Crippen MR) is 209 cm³/mol. The van der Waals surface area contributed by atoms with Gasteiger partial charge in [0.1, 0.15) is 0 Å². The molecule has 0 N–H and O–H groups in total. The number of benzene rings is 8. The molecular weight excluding hydrogens is 609 g/mol. The molecule has 0 saturated heterocycles. The Morgan fingerprint density at radius 2 is 0.800 bits per heavy atom. The number of nitrogens with zero attached hydrogens (tertiary/aromatic N) is 4. The van der Waals surface area contributed by atoms with E-state index in [9.17, 15) is 0 Å². The van der Waals surface area contributed by atoms with Crippen LogP contribution in [0.2, 0.25) is 0 Å². The van der Waals surface area contributed by atoms with E-state index in [-0.39, 0.29) is 0 Å². The van der Waals surface area contributed by atoms with Crippen LogP contribution in [0.1, 0.15) is 0 Å². The zero-order valence-corrected chi connectivity index (χ0v) is 27.0. The summed E-state index contributed by atoms with van der Waals surface area (Å²) >= 11 is 0. The van der Waals surface area contributed by atoms with Crippen molar-refractivity contribution in [1.29, 1.82) is 0 Å². The van der Waals surface area contributed by atoms with Gasteiger partial charge in [0.05, 0.1) is 39.3 Å². The maximum Gasteiger partial charge on any atom is 0.156 e. The van der Waals surface area contributed by atoms with Crippen molar-refractivity contribution in [3.63, 3.8) is 0 Å². The molecule has 8 aromatic carbocycles. The molecule has 0 aliphatic carbocycles. The molecule has 0 spiro atoms. The van der Waals surface area contributed by atoms with Crippen LogP contribution in [-0.4, -0.2) is 19.1 Å². The summed E-state index contributed by atoms with van der Waals surface area (Å²) in [6.07, 6.45) is 1.93. The molecule has 0 aliphatic rings. The Morgan fingerprint density at radius 1 is 0.340 bits per heavy atom. The smallest absolute Gasteiger partial charge is 0.156 e. The van der Waals surface area contributed by atoms with Gasteiger partial charge in [-0.15, -0.1) is 0 Å². The summed E-state index contributed by atoms with van der Waals surface area (Å²) in [7, 11) is 0. The molecular formula is C46H28N4. The van der Waals surface area contributed by atoms with Gasteiger partial charge in [-0.1, -0.05) is 115 Å². The van der Waals surface area contributed by atoms with E-state index in [2.05, 4.69) is 173 Å². The third-order valence-electron chi connectivity index (χ3n) is 10.3. The van der Waals surface area contributed by atoms with Gasteiger partial charge in [-0.25, -0.2) is 4.98 Å². The number of hydrogen-bond acceptors (Lipinski definition) is 2. The monoisotopic (exact) mass is 636 g/mol. The summed E-state index contributed by atoms with van der Waals surface area (Å²) in [6.45, 7) is 0. The Balaban J connectivity index is 1.12. The van der Waals surface area contributed by atoms with Gasteiger partial charge in [0.2, 0.25) is 0 Å². The van der Waals surface area contributed by atoms with Crippen LogP contribution in [0.4, 0.5) is 0 Å². The minimum atomic E-state index is 0.812. The van der Waals surface area contributed by atoms with Crippen LogP contribution in [0.25, 0.3) is 98.8 Å². The Kier molecular flexibility index (Phi) is 5.63. The van der Waals surface area contributed by atoms with Crippen LogP contribution >= 0.6 is 0 Å². The maximum atomic E-state index is 5.37. The standard InChI is InChI=1S/C46H28N4/c1-2-12-31(13-3-1)49-40-20-10-8-16-34(40)38-26-29(22-24-42(38)49)30-23-25-43-39(27-30)35-17-9-11-21-41(35)50(43)44-28-47-45-36-18-6-4-14-32(36)33-15-5-7-19-37(33)46(45)48-44/h1-28H. The third kappa shape index (κ3) is 3.81. The lowest BCUT2D eigenvalue weighted by atomic mass is 10.00. The second-order valence-corrected chi connectivity index (χ2v) is 13.0. The van der Waals surface area contributed by atoms with Crippen LogP contribution in [-0.2, 0) is 0 Å². The molecule has 11 rings (SSSR count). The van der Waals surface area contributed by atoms with E-state index in [1.165, 1.54) is 60.2 Å². The van der Waals surface area contributed by atoms with Crippen molar-refractivity contribution in [2.24, 2.45) is 0 Å². The first-order chi connectivity index (χ1) is 24.8. The maximum absolute atomic E-state index is 5.37. The fraction of sp³-hybridized carbons (Fsp3) is 0. The Labute approximate surface area is 287 Å². The number of aromatic nitrogens is 4. The molecule has 4 nitrogen and oxygen atoms in total. The molecule has 11 aromatic rings. The largest absolute Gasteiger partial charge is 0.309 e. The number of rotatable bonds is 3. The molecule has 0 unspecified atom stereocenters. The van der Waals surface area contributed by atoms with E-state index < -0.39 is 0 Å². The molecule has 0 fully saturated rings. The number of para-hydroxylation sites is 3. The molecule has 3 aromatic heterocycles. The summed E-state index contributed by atoms with van der Waals surface area (Å²) in [5, 5.41) is 9.50. The highest BCUT2D eigenvalue weighted by molar-refractivity contribution is 6.23. The highest BCUT2D eigenvalue weighted by Crippen LogP contribution is 2.39. The van der Waals surface area contributed by atoms with Crippen molar-refractivity contribution in [3.8, 4) is 22.6 Å². The minimum Gasteiger partial charge on any atom is -0.309 e. The van der Waals surface area contributed by atoms with Gasteiger partial charge in [0.25, 0.3) is 0 Å². The molecule has 4 heteroatoms. The Hall–Kier alpha value is -6.78. The molecule has 3 heterocycles. The summed E-state index contributed by atoms with van der Waals surface area (Å²) in [5.74, 6) is 0.812. The number of hydrogen-bond donors (Lipinski definition) is 0. The van der Waals surface area contributed by atoms with Crippen molar-refractivity contribution in [2.45, 2.75) is 0 Å². The second-order valence-electron chi connectivity index (χ2n) is 13.0. The van der Waals surface area contributed by atoms with Gasteiger partial charge in [-0.2, -0.15) is 0 Å². The molecule has 0 amide bonds. The molecule has 0 bridgehead atoms. The lowest BCUT2D eigenvalue weighted by Crippen LogP contribution is -2.00. The first-order valence-corrected chi connectivity index (χ1v) is 17.0. The van der Waals surface area contributed by atoms with E-state index >= 15 is 0 Å². The van der Waals surface area contributed by atoms with Crippen LogP contribution in [0.15, 0.2) is 170 Å². The van der Waals surface area contributed by atoms with Crippen LogP contribution in [0.5, 0.6) is 0 Å². The average Bonchev–Trinajstić information content (AvgIpc) is 3.70. The normalized spacial score (nSPS) is 12.0. The van der Waals surface area contributed by atoms with Crippen LogP contribution < -0.4 is 0 Å². The fourth-order valence-electron chi connectivity index (χ4n) is 8.13. The summed E-state index contributed by atoms with van der Waals surface area (Å²) < 4.78 is 4.63. The van der Waals surface area contributed by atoms with Crippen molar-refractivity contribution >= 4 is 76.2 Å². The van der Waals surface area contributed by atoms with Gasteiger partial charge in [-0.3, -0.25) is 9.55 Å². The van der Waals surface area contributed by atoms with Crippen molar-refractivity contribution < 1.29 is 0 Å². The fourth-order valence-corrected chi connectivity index (χ4v) is 8.13. The molecule has 0 atom stereocenters. The average molecular weight is 637 g/mol. The predicted octanol–water partition coefficient (Wildman–Crippen LogP) is 11.8. The Morgan fingerprint density at radius 3 is 1.42 bits per heavy atom. The highest BCUT2D eigenvalue weighted by atomic mass is 15.1. The van der Waals surface area contributed by atoms with Crippen LogP contribution in [0.3, 0.4) is 0 Å². The molecule has 0 radical (unpaired) electrons. The van der Waals surface area contributed by atoms with E-state index in [0.29, 0.717) is 0 Å². The summed E-state index contributed by atoms with van der Waals surface area (Å²) in [6, 6.07) is 58.7. The molecule has 0 aliphatic heterocycles. The topological polar surface area (TPSA) is 35.6 Å². The van der Waals surface area contributed by atoms with Gasteiger partial charge in [-0.05, 0) is 70.4 Å². The van der Waals surface area contributed by atoms with Crippen molar-refractivity contribution in [3.05, 3.63) is 170 Å². The molecule has 0 saturated carbocycles. The third-order valence-corrected chi connectivity index (χ3v) is 10.3. The van der Waals surface area contributed by atoms with E-state index in [1.807, 2.05) is 6.20 Å². The SMILES string of the molecule is c1ccc(-n2c3ccccc3c3cc(-c4ccc5c(c4)c4ccccc4n5-c4cnc5c6ccccc6c6ccccc6c5n4)ccc32)cc1. The second kappa shape index (κ2) is 10.4. The van der Waals surface area contributed by atoms with Crippen molar-refractivity contribution in [1.82, 2.24) is 19.1 Å². The lowest BCUT2D eigenvalue weighted by molar-refractivity contribution is 1.08. The van der Waals surface area contributed by atoms with E-state index in [1.54, 1.807) is 0 Å². The Bertz CT molecular complexity index is 3110. The molecule has 232 valence electrons. The van der Waals surface area contributed by atoms with Crippen LogP contribution in [0, 0.1) is 0 Å². The highest BCUT2D eigenvalue weighted by Gasteiger charge is 2.18. The van der Waals surface area contributed by atoms with Gasteiger partial charge >= 0.3 is 0 Å². The quantitative estimate of drug-likeness (QED) is 0.181. The van der Waals surface area contributed by atoms with Gasteiger partial charge < -0.3 is 4.57 Å². The van der Waals surface area contributed by atoms with E-state index in [4.69, 9.17) is 9.97 Å². The zero-order valence-electron chi connectivity index (χ0n) is 27.0. The summed E-state index contributed by atoms with van der Waals surface area (Å²) in [5.41, 5.74) is 10.0. The lowest BCUT2D eigenvalue weighted by Gasteiger charge is -2.12. The van der Waals surface area contributed by atoms with E-state index in [0.717, 1.165) is 38.7 Å². The van der Waals surface area contributed by atoms with Gasteiger partial charge in [0.15, 0.2) is 5.82 Å². The summed E-state index contributed by atoms with van der Waals surface area (Å²) in [4.78, 5) is 10.5. The van der Waals surface area contributed by atoms with Crippen molar-refractivity contribution in [2.75, 3.05) is 0 Å². The van der Waals surface area contributed by atoms with Gasteiger partial charge in [0, 0.05) is 38.0 Å². The molecule has 50 heavy (non-hydrogen) atoms.